The van der Waals surface area contributed by atoms with Gasteiger partial charge >= 0.3 is 0 Å². The lowest BCUT2D eigenvalue weighted by Crippen LogP contribution is -2.39. The number of aliphatic hydroxyl groups is 1. The Bertz CT molecular complexity index is 414. The van der Waals surface area contributed by atoms with Crippen LogP contribution < -0.4 is 5.32 Å². The summed E-state index contributed by atoms with van der Waals surface area (Å²) in [5.41, 5.74) is 2.35. The van der Waals surface area contributed by atoms with E-state index in [0.29, 0.717) is 0 Å². The van der Waals surface area contributed by atoms with E-state index in [0.717, 1.165) is 31.8 Å². The normalized spacial score (nSPS) is 22.4. The summed E-state index contributed by atoms with van der Waals surface area (Å²) in [6, 6.07) is 9.01. The van der Waals surface area contributed by atoms with Crippen LogP contribution in [0.15, 0.2) is 24.3 Å². The Morgan fingerprint density at radius 3 is 2.25 bits per heavy atom. The fourth-order valence-corrected chi connectivity index (χ4v) is 3.33. The van der Waals surface area contributed by atoms with Gasteiger partial charge in [0.05, 0.1) is 5.60 Å². The van der Waals surface area contributed by atoms with Crippen molar-refractivity contribution in [2.45, 2.75) is 69.4 Å². The highest BCUT2D eigenvalue weighted by Gasteiger charge is 2.27. The molecular formula is C18H27NO. The number of benzene rings is 1. The third-order valence-corrected chi connectivity index (χ3v) is 4.85. The second-order valence-electron chi connectivity index (χ2n) is 6.76. The molecule has 0 saturated heterocycles. The standard InChI is InChI=1S/C18H27NO/c20-18(11-3-1-2-4-12-18)14-19-13-15-5-7-16(8-6-15)17-9-10-17/h5-8,17,19-20H,1-4,9-14H2. The first-order valence-electron chi connectivity index (χ1n) is 8.27. The average molecular weight is 273 g/mol. The zero-order valence-corrected chi connectivity index (χ0v) is 12.4. The Kier molecular flexibility index (Phi) is 4.42. The van der Waals surface area contributed by atoms with Crippen LogP contribution in [0.3, 0.4) is 0 Å². The van der Waals surface area contributed by atoms with Gasteiger partial charge in [0.2, 0.25) is 0 Å². The van der Waals surface area contributed by atoms with Crippen molar-refractivity contribution < 1.29 is 5.11 Å². The molecule has 2 nitrogen and oxygen atoms in total. The Balaban J connectivity index is 1.46. The predicted molar refractivity (Wildman–Crippen MR) is 82.8 cm³/mol. The predicted octanol–water partition coefficient (Wildman–Crippen LogP) is 3.74. The molecule has 2 fully saturated rings. The average Bonchev–Trinajstić information content (AvgIpc) is 3.28. The maximum atomic E-state index is 10.6. The van der Waals surface area contributed by atoms with Gasteiger partial charge in [0.1, 0.15) is 0 Å². The van der Waals surface area contributed by atoms with Crippen LogP contribution in [-0.4, -0.2) is 17.3 Å². The Labute approximate surface area is 122 Å². The SMILES string of the molecule is OC1(CNCc2ccc(C3CC3)cc2)CCCCCC1. The summed E-state index contributed by atoms with van der Waals surface area (Å²) in [4.78, 5) is 0. The van der Waals surface area contributed by atoms with E-state index < -0.39 is 5.60 Å². The molecule has 20 heavy (non-hydrogen) atoms. The van der Waals surface area contributed by atoms with E-state index in [1.54, 1.807) is 0 Å². The van der Waals surface area contributed by atoms with Gasteiger partial charge in [-0.15, -0.1) is 0 Å². The third kappa shape index (κ3) is 3.83. The molecule has 1 aromatic rings. The highest BCUT2D eigenvalue weighted by molar-refractivity contribution is 5.27. The second-order valence-corrected chi connectivity index (χ2v) is 6.76. The molecule has 110 valence electrons. The zero-order valence-electron chi connectivity index (χ0n) is 12.4. The highest BCUT2D eigenvalue weighted by atomic mass is 16.3. The summed E-state index contributed by atoms with van der Waals surface area (Å²) in [5, 5.41) is 14.0. The second kappa shape index (κ2) is 6.28. The van der Waals surface area contributed by atoms with Crippen LogP contribution in [0.2, 0.25) is 0 Å². The minimum atomic E-state index is -0.468. The zero-order chi connectivity index (χ0) is 13.8. The molecule has 3 rings (SSSR count). The van der Waals surface area contributed by atoms with Gasteiger partial charge in [0, 0.05) is 13.1 Å². The Morgan fingerprint density at radius 2 is 1.65 bits per heavy atom. The van der Waals surface area contributed by atoms with Crippen molar-refractivity contribution >= 4 is 0 Å². The lowest BCUT2D eigenvalue weighted by atomic mass is 9.94. The molecule has 2 aliphatic carbocycles. The van der Waals surface area contributed by atoms with Crippen molar-refractivity contribution in [3.63, 3.8) is 0 Å². The van der Waals surface area contributed by atoms with Crippen molar-refractivity contribution in [1.29, 1.82) is 0 Å². The first-order valence-corrected chi connectivity index (χ1v) is 8.27. The molecule has 0 amide bonds. The molecule has 2 N–H and O–H groups in total. The maximum Gasteiger partial charge on any atom is 0.0771 e. The molecule has 0 heterocycles. The van der Waals surface area contributed by atoms with E-state index in [1.165, 1.54) is 49.7 Å². The molecule has 0 bridgehead atoms. The number of hydrogen-bond acceptors (Lipinski definition) is 2. The number of hydrogen-bond donors (Lipinski definition) is 2. The molecule has 0 unspecified atom stereocenters. The van der Waals surface area contributed by atoms with Gasteiger partial charge in [-0.1, -0.05) is 49.9 Å². The topological polar surface area (TPSA) is 32.3 Å². The lowest BCUT2D eigenvalue weighted by molar-refractivity contribution is 0.0250. The quantitative estimate of drug-likeness (QED) is 0.801. The molecule has 0 atom stereocenters. The van der Waals surface area contributed by atoms with E-state index in [9.17, 15) is 5.11 Å². The van der Waals surface area contributed by atoms with Gasteiger partial charge in [-0.05, 0) is 42.7 Å². The van der Waals surface area contributed by atoms with Gasteiger partial charge in [0.15, 0.2) is 0 Å². The maximum absolute atomic E-state index is 10.6. The van der Waals surface area contributed by atoms with E-state index in [4.69, 9.17) is 0 Å². The molecule has 0 aliphatic heterocycles. The van der Waals surface area contributed by atoms with Crippen LogP contribution in [0.4, 0.5) is 0 Å². The Morgan fingerprint density at radius 1 is 1.00 bits per heavy atom. The number of nitrogens with one attached hydrogen (secondary N) is 1. The minimum absolute atomic E-state index is 0.468. The molecule has 0 aromatic heterocycles. The van der Waals surface area contributed by atoms with Crippen LogP contribution in [0, 0.1) is 0 Å². The Hall–Kier alpha value is -0.860. The van der Waals surface area contributed by atoms with Crippen molar-refractivity contribution in [3.8, 4) is 0 Å². The van der Waals surface area contributed by atoms with E-state index in [2.05, 4.69) is 29.6 Å². The smallest absolute Gasteiger partial charge is 0.0771 e. The largest absolute Gasteiger partial charge is 0.389 e. The van der Waals surface area contributed by atoms with Gasteiger partial charge in [-0.3, -0.25) is 0 Å². The van der Waals surface area contributed by atoms with E-state index >= 15 is 0 Å². The van der Waals surface area contributed by atoms with Crippen molar-refractivity contribution in [3.05, 3.63) is 35.4 Å². The highest BCUT2D eigenvalue weighted by Crippen LogP contribution is 2.39. The first-order chi connectivity index (χ1) is 9.75. The lowest BCUT2D eigenvalue weighted by Gasteiger charge is -2.27. The van der Waals surface area contributed by atoms with Crippen LogP contribution in [0.25, 0.3) is 0 Å². The first kappa shape index (κ1) is 14.1. The van der Waals surface area contributed by atoms with Crippen molar-refractivity contribution in [2.75, 3.05) is 6.54 Å². The van der Waals surface area contributed by atoms with Gasteiger partial charge < -0.3 is 10.4 Å². The van der Waals surface area contributed by atoms with Crippen LogP contribution in [-0.2, 0) is 6.54 Å². The van der Waals surface area contributed by atoms with Gasteiger partial charge in [-0.25, -0.2) is 0 Å². The summed E-state index contributed by atoms with van der Waals surface area (Å²) in [6.07, 6.45) is 9.56. The molecule has 2 heteroatoms. The molecule has 1 aromatic carbocycles. The van der Waals surface area contributed by atoms with Crippen molar-refractivity contribution in [2.24, 2.45) is 0 Å². The molecule has 0 radical (unpaired) electrons. The minimum Gasteiger partial charge on any atom is -0.389 e. The van der Waals surface area contributed by atoms with Crippen molar-refractivity contribution in [1.82, 2.24) is 5.32 Å². The summed E-state index contributed by atoms with van der Waals surface area (Å²) in [6.45, 7) is 1.60. The molecule has 2 aliphatic rings. The summed E-state index contributed by atoms with van der Waals surface area (Å²) >= 11 is 0. The molecule has 2 saturated carbocycles. The van der Waals surface area contributed by atoms with Gasteiger partial charge in [0.25, 0.3) is 0 Å². The van der Waals surface area contributed by atoms with E-state index in [1.807, 2.05) is 0 Å². The summed E-state index contributed by atoms with van der Waals surface area (Å²) in [5.74, 6) is 0.837. The third-order valence-electron chi connectivity index (χ3n) is 4.85. The van der Waals surface area contributed by atoms with Crippen LogP contribution in [0.5, 0.6) is 0 Å². The summed E-state index contributed by atoms with van der Waals surface area (Å²) in [7, 11) is 0. The van der Waals surface area contributed by atoms with Crippen LogP contribution in [0.1, 0.15) is 68.4 Å². The van der Waals surface area contributed by atoms with Gasteiger partial charge in [-0.2, -0.15) is 0 Å². The van der Waals surface area contributed by atoms with E-state index in [-0.39, 0.29) is 0 Å². The summed E-state index contributed by atoms with van der Waals surface area (Å²) < 4.78 is 0. The molecule has 0 spiro atoms. The molecular weight excluding hydrogens is 246 g/mol. The fraction of sp³-hybridized carbons (Fsp3) is 0.667. The number of rotatable bonds is 5. The fourth-order valence-electron chi connectivity index (χ4n) is 3.33. The monoisotopic (exact) mass is 273 g/mol. The van der Waals surface area contributed by atoms with Crippen LogP contribution >= 0.6 is 0 Å².